The minimum absolute atomic E-state index is 0. The van der Waals surface area contributed by atoms with Gasteiger partial charge in [-0.1, -0.05) is 6.58 Å². The Morgan fingerprint density at radius 1 is 1.23 bits per heavy atom. The molecule has 0 atom stereocenters. The van der Waals surface area contributed by atoms with E-state index in [1.807, 2.05) is 0 Å². The third-order valence-electron chi connectivity index (χ3n) is 1.72. The Bertz CT molecular complexity index is 174. The number of halogens is 4. The lowest BCUT2D eigenvalue weighted by molar-refractivity contribution is -0.117. The van der Waals surface area contributed by atoms with Crippen LogP contribution in [-0.2, 0) is 4.74 Å². The predicted octanol–water partition coefficient (Wildman–Crippen LogP) is 1.55. The average Bonchev–Trinajstić information content (AvgIpc) is 2.03. The van der Waals surface area contributed by atoms with Gasteiger partial charge in [-0.15, -0.1) is 0 Å². The van der Waals surface area contributed by atoms with Crippen LogP contribution in [0.3, 0.4) is 0 Å². The summed E-state index contributed by atoms with van der Waals surface area (Å²) in [5.74, 6) is 0. The summed E-state index contributed by atoms with van der Waals surface area (Å²) in [4.78, 5) is 1.20. The van der Waals surface area contributed by atoms with E-state index in [-0.39, 0.29) is 17.8 Å². The number of nitrogens with zero attached hydrogens (tertiary/aromatic N) is 1. The summed E-state index contributed by atoms with van der Waals surface area (Å²) in [5, 5.41) is 0. The van der Waals surface area contributed by atoms with Crippen molar-refractivity contribution in [1.82, 2.24) is 4.90 Å². The Morgan fingerprint density at radius 2 is 1.69 bits per heavy atom. The molecule has 78 valence electrons. The quantitative estimate of drug-likeness (QED) is 0.597. The largest absolute Gasteiger partial charge is 0.430 e. The smallest absolute Gasteiger partial charge is 0.378 e. The minimum atomic E-state index is -4.31. The zero-order valence-electron chi connectivity index (χ0n) is 6.93. The molecular formula is C7H11F4NO. The fourth-order valence-corrected chi connectivity index (χ4v) is 1.01. The highest BCUT2D eigenvalue weighted by molar-refractivity contribution is 5.02. The molecule has 0 aromatic heterocycles. The van der Waals surface area contributed by atoms with Crippen molar-refractivity contribution in [2.24, 2.45) is 0 Å². The van der Waals surface area contributed by atoms with Crippen LogP contribution in [0.2, 0.25) is 0 Å². The molecule has 0 amide bonds. The van der Waals surface area contributed by atoms with Crippen molar-refractivity contribution >= 4 is 0 Å². The molecule has 0 bridgehead atoms. The molecule has 1 saturated heterocycles. The maximum atomic E-state index is 12.1. The van der Waals surface area contributed by atoms with E-state index in [1.165, 1.54) is 4.90 Å². The number of allylic oxidation sites excluding steroid dienone is 1. The standard InChI is InChI=1S/C7H10F3NO.FH/c1-6(7(8,9)10)11-2-4-12-5-3-11;/h1-5H2;1H. The van der Waals surface area contributed by atoms with E-state index in [2.05, 4.69) is 6.58 Å². The fourth-order valence-electron chi connectivity index (χ4n) is 1.01. The van der Waals surface area contributed by atoms with E-state index < -0.39 is 11.9 Å². The molecule has 0 aromatic carbocycles. The normalized spacial score (nSPS) is 17.9. The Kier molecular flexibility index (Phi) is 4.19. The van der Waals surface area contributed by atoms with Gasteiger partial charge in [0.25, 0.3) is 0 Å². The van der Waals surface area contributed by atoms with Gasteiger partial charge in [-0.3, -0.25) is 4.70 Å². The number of morpholine rings is 1. The highest BCUT2D eigenvalue weighted by Gasteiger charge is 2.36. The van der Waals surface area contributed by atoms with Crippen molar-refractivity contribution in [3.63, 3.8) is 0 Å². The van der Waals surface area contributed by atoms with Crippen LogP contribution in [0, 0.1) is 0 Å². The molecule has 1 aliphatic heterocycles. The van der Waals surface area contributed by atoms with Gasteiger partial charge in [-0.05, 0) is 0 Å². The van der Waals surface area contributed by atoms with Gasteiger partial charge in [-0.25, -0.2) is 0 Å². The highest BCUT2D eigenvalue weighted by atomic mass is 19.4. The maximum Gasteiger partial charge on any atom is 0.430 e. The van der Waals surface area contributed by atoms with Gasteiger partial charge in [0.15, 0.2) is 0 Å². The number of hydrogen-bond acceptors (Lipinski definition) is 2. The minimum Gasteiger partial charge on any atom is -0.378 e. The van der Waals surface area contributed by atoms with Crippen LogP contribution < -0.4 is 0 Å². The molecule has 0 aromatic rings. The molecule has 1 heterocycles. The molecule has 0 N–H and O–H groups in total. The summed E-state index contributed by atoms with van der Waals surface area (Å²) in [5.41, 5.74) is -0.772. The van der Waals surface area contributed by atoms with Gasteiger partial charge in [0.05, 0.1) is 13.2 Å². The van der Waals surface area contributed by atoms with Crippen LogP contribution in [-0.4, -0.2) is 37.4 Å². The first kappa shape index (κ1) is 12.2. The molecule has 1 aliphatic rings. The van der Waals surface area contributed by atoms with Crippen molar-refractivity contribution < 1.29 is 22.6 Å². The molecule has 1 rings (SSSR count). The fraction of sp³-hybridized carbons (Fsp3) is 0.714. The second-order valence-electron chi connectivity index (χ2n) is 2.54. The van der Waals surface area contributed by atoms with Crippen LogP contribution in [0.1, 0.15) is 0 Å². The van der Waals surface area contributed by atoms with E-state index >= 15 is 0 Å². The Morgan fingerprint density at radius 3 is 2.08 bits per heavy atom. The second kappa shape index (κ2) is 4.45. The SMILES string of the molecule is C=C(N1CCOCC1)C(F)(F)F.F. The van der Waals surface area contributed by atoms with Gasteiger partial charge >= 0.3 is 6.18 Å². The number of hydrogen-bond donors (Lipinski definition) is 0. The molecular weight excluding hydrogens is 190 g/mol. The zero-order valence-corrected chi connectivity index (χ0v) is 6.93. The second-order valence-corrected chi connectivity index (χ2v) is 2.54. The van der Waals surface area contributed by atoms with Crippen LogP contribution in [0.25, 0.3) is 0 Å². The van der Waals surface area contributed by atoms with Crippen molar-refractivity contribution in [2.45, 2.75) is 6.18 Å². The van der Waals surface area contributed by atoms with E-state index in [9.17, 15) is 13.2 Å². The average molecular weight is 201 g/mol. The third-order valence-corrected chi connectivity index (χ3v) is 1.72. The maximum absolute atomic E-state index is 12.1. The van der Waals surface area contributed by atoms with Crippen molar-refractivity contribution in [2.75, 3.05) is 26.3 Å². The molecule has 0 spiro atoms. The lowest BCUT2D eigenvalue weighted by atomic mass is 10.3. The van der Waals surface area contributed by atoms with Crippen LogP contribution in [0.5, 0.6) is 0 Å². The van der Waals surface area contributed by atoms with Gasteiger partial charge in [0.1, 0.15) is 5.70 Å². The summed E-state index contributed by atoms with van der Waals surface area (Å²) in [7, 11) is 0. The van der Waals surface area contributed by atoms with E-state index in [0.717, 1.165) is 0 Å². The molecule has 6 heteroatoms. The Balaban J connectivity index is 0.00000144. The lowest BCUT2D eigenvalue weighted by Gasteiger charge is -2.31. The first-order valence-corrected chi connectivity index (χ1v) is 3.60. The monoisotopic (exact) mass is 201 g/mol. The van der Waals surface area contributed by atoms with Crippen LogP contribution in [0.4, 0.5) is 17.9 Å². The van der Waals surface area contributed by atoms with Gasteiger partial charge in [0, 0.05) is 13.1 Å². The molecule has 0 aliphatic carbocycles. The number of ether oxygens (including phenoxy) is 1. The first-order chi connectivity index (χ1) is 5.52. The number of rotatable bonds is 1. The van der Waals surface area contributed by atoms with Gasteiger partial charge in [0.2, 0.25) is 0 Å². The molecule has 2 nitrogen and oxygen atoms in total. The van der Waals surface area contributed by atoms with Crippen molar-refractivity contribution in [3.8, 4) is 0 Å². The summed E-state index contributed by atoms with van der Waals surface area (Å²) >= 11 is 0. The predicted molar refractivity (Wildman–Crippen MR) is 40.1 cm³/mol. The van der Waals surface area contributed by atoms with Crippen LogP contribution >= 0.6 is 0 Å². The van der Waals surface area contributed by atoms with Crippen LogP contribution in [0.15, 0.2) is 12.3 Å². The summed E-state index contributed by atoms with van der Waals surface area (Å²) in [6.45, 7) is 4.23. The first-order valence-electron chi connectivity index (χ1n) is 3.60. The Hall–Kier alpha value is -0.780. The molecule has 0 saturated carbocycles. The lowest BCUT2D eigenvalue weighted by Crippen LogP contribution is -2.39. The van der Waals surface area contributed by atoms with E-state index in [4.69, 9.17) is 4.74 Å². The number of alkyl halides is 3. The molecule has 1 fully saturated rings. The van der Waals surface area contributed by atoms with Crippen molar-refractivity contribution in [1.29, 1.82) is 0 Å². The van der Waals surface area contributed by atoms with E-state index in [1.54, 1.807) is 0 Å². The van der Waals surface area contributed by atoms with E-state index in [0.29, 0.717) is 13.2 Å². The van der Waals surface area contributed by atoms with Gasteiger partial charge in [-0.2, -0.15) is 13.2 Å². The molecule has 0 radical (unpaired) electrons. The highest BCUT2D eigenvalue weighted by Crippen LogP contribution is 2.27. The van der Waals surface area contributed by atoms with Crippen molar-refractivity contribution in [3.05, 3.63) is 12.3 Å². The van der Waals surface area contributed by atoms with Gasteiger partial charge < -0.3 is 9.64 Å². The topological polar surface area (TPSA) is 12.5 Å². The molecule has 13 heavy (non-hydrogen) atoms. The zero-order chi connectivity index (χ0) is 9.19. The third kappa shape index (κ3) is 3.22. The summed E-state index contributed by atoms with van der Waals surface area (Å²) in [6, 6.07) is 0. The summed E-state index contributed by atoms with van der Waals surface area (Å²) < 4.78 is 41.1. The Labute approximate surface area is 73.3 Å². The summed E-state index contributed by atoms with van der Waals surface area (Å²) in [6.07, 6.45) is -4.31. The molecule has 0 unspecified atom stereocenters.